The number of nitrogens with one attached hydrogen (secondary N) is 2. The minimum absolute atomic E-state index is 0.733. The average molecular weight is 202 g/mol. The molecule has 0 atom stereocenters. The number of hydrogen-bond donors (Lipinski definition) is 4. The SMILES string of the molecule is NCCCCNCCCCNCCN. The predicted molar refractivity (Wildman–Crippen MR) is 62.3 cm³/mol. The van der Waals surface area contributed by atoms with Crippen molar-refractivity contribution in [2.75, 3.05) is 39.3 Å². The lowest BCUT2D eigenvalue weighted by Crippen LogP contribution is -2.24. The van der Waals surface area contributed by atoms with Crippen LogP contribution in [0.4, 0.5) is 0 Å². The van der Waals surface area contributed by atoms with E-state index in [1.165, 1.54) is 19.3 Å². The molecule has 0 radical (unpaired) electrons. The quantitative estimate of drug-likeness (QED) is 0.345. The Morgan fingerprint density at radius 3 is 1.57 bits per heavy atom. The highest BCUT2D eigenvalue weighted by atomic mass is 14.9. The lowest BCUT2D eigenvalue weighted by molar-refractivity contribution is 0.570. The van der Waals surface area contributed by atoms with Gasteiger partial charge >= 0.3 is 0 Å². The van der Waals surface area contributed by atoms with Gasteiger partial charge in [0.05, 0.1) is 0 Å². The summed E-state index contributed by atoms with van der Waals surface area (Å²) in [6, 6.07) is 0. The van der Waals surface area contributed by atoms with E-state index in [0.29, 0.717) is 0 Å². The Morgan fingerprint density at radius 1 is 0.571 bits per heavy atom. The summed E-state index contributed by atoms with van der Waals surface area (Å²) in [5, 5.41) is 6.68. The molecule has 14 heavy (non-hydrogen) atoms. The van der Waals surface area contributed by atoms with Crippen molar-refractivity contribution < 1.29 is 0 Å². The molecule has 4 nitrogen and oxygen atoms in total. The molecule has 0 rings (SSSR count). The maximum atomic E-state index is 5.39. The Bertz CT molecular complexity index is 86.1. The second-order valence-corrected chi connectivity index (χ2v) is 3.49. The molecule has 0 aliphatic carbocycles. The van der Waals surface area contributed by atoms with E-state index in [1.54, 1.807) is 0 Å². The minimum atomic E-state index is 0.733. The van der Waals surface area contributed by atoms with Crippen molar-refractivity contribution in [2.45, 2.75) is 25.7 Å². The van der Waals surface area contributed by atoms with Gasteiger partial charge in [-0.1, -0.05) is 0 Å². The summed E-state index contributed by atoms with van der Waals surface area (Å²) in [5.74, 6) is 0. The summed E-state index contributed by atoms with van der Waals surface area (Å²) in [4.78, 5) is 0. The third-order valence-electron chi connectivity index (χ3n) is 2.09. The molecule has 0 bridgehead atoms. The van der Waals surface area contributed by atoms with E-state index in [-0.39, 0.29) is 0 Å². The third kappa shape index (κ3) is 11.8. The fraction of sp³-hybridized carbons (Fsp3) is 1.00. The van der Waals surface area contributed by atoms with Gasteiger partial charge in [-0.15, -0.1) is 0 Å². The average Bonchev–Trinajstić information content (AvgIpc) is 2.21. The Labute approximate surface area is 87.8 Å². The van der Waals surface area contributed by atoms with Crippen molar-refractivity contribution in [1.82, 2.24) is 10.6 Å². The van der Waals surface area contributed by atoms with E-state index < -0.39 is 0 Å². The van der Waals surface area contributed by atoms with Crippen LogP contribution >= 0.6 is 0 Å². The normalized spacial score (nSPS) is 10.7. The second kappa shape index (κ2) is 12.8. The van der Waals surface area contributed by atoms with E-state index >= 15 is 0 Å². The molecule has 0 aromatic carbocycles. The van der Waals surface area contributed by atoms with Crippen LogP contribution in [0, 0.1) is 0 Å². The zero-order valence-corrected chi connectivity index (χ0v) is 9.23. The van der Waals surface area contributed by atoms with Crippen LogP contribution in [-0.4, -0.2) is 39.3 Å². The van der Waals surface area contributed by atoms with Crippen LogP contribution < -0.4 is 22.1 Å². The van der Waals surface area contributed by atoms with Crippen molar-refractivity contribution in [3.63, 3.8) is 0 Å². The maximum absolute atomic E-state index is 5.39. The highest BCUT2D eigenvalue weighted by Gasteiger charge is 1.89. The van der Waals surface area contributed by atoms with Gasteiger partial charge < -0.3 is 22.1 Å². The molecule has 6 N–H and O–H groups in total. The van der Waals surface area contributed by atoms with Gasteiger partial charge in [-0.3, -0.25) is 0 Å². The number of nitrogens with two attached hydrogens (primary N) is 2. The lowest BCUT2D eigenvalue weighted by atomic mass is 10.3. The van der Waals surface area contributed by atoms with E-state index in [2.05, 4.69) is 10.6 Å². The van der Waals surface area contributed by atoms with Gasteiger partial charge in [0, 0.05) is 13.1 Å². The third-order valence-corrected chi connectivity index (χ3v) is 2.09. The van der Waals surface area contributed by atoms with Crippen LogP contribution in [0.1, 0.15) is 25.7 Å². The predicted octanol–water partition coefficient (Wildman–Crippen LogP) is -0.357. The zero-order valence-electron chi connectivity index (χ0n) is 9.23. The Balaban J connectivity index is 2.78. The van der Waals surface area contributed by atoms with Crippen molar-refractivity contribution in [2.24, 2.45) is 11.5 Å². The first kappa shape index (κ1) is 13.8. The largest absolute Gasteiger partial charge is 0.330 e. The van der Waals surface area contributed by atoms with E-state index in [0.717, 1.165) is 45.7 Å². The van der Waals surface area contributed by atoms with Gasteiger partial charge in [0.1, 0.15) is 0 Å². The van der Waals surface area contributed by atoms with Gasteiger partial charge in [0.25, 0.3) is 0 Å². The fourth-order valence-electron chi connectivity index (χ4n) is 1.25. The first-order valence-corrected chi connectivity index (χ1v) is 5.73. The summed E-state index contributed by atoms with van der Waals surface area (Å²) in [6.45, 7) is 5.79. The molecule has 86 valence electrons. The van der Waals surface area contributed by atoms with Gasteiger partial charge in [-0.2, -0.15) is 0 Å². The lowest BCUT2D eigenvalue weighted by Gasteiger charge is -2.04. The maximum Gasteiger partial charge on any atom is 0.00745 e. The summed E-state index contributed by atoms with van der Waals surface area (Å²) in [5.41, 5.74) is 10.7. The number of hydrogen-bond acceptors (Lipinski definition) is 4. The fourth-order valence-corrected chi connectivity index (χ4v) is 1.25. The molecular weight excluding hydrogens is 176 g/mol. The van der Waals surface area contributed by atoms with Gasteiger partial charge in [0.15, 0.2) is 0 Å². The second-order valence-electron chi connectivity index (χ2n) is 3.49. The van der Waals surface area contributed by atoms with Crippen molar-refractivity contribution in [1.29, 1.82) is 0 Å². The summed E-state index contributed by atoms with van der Waals surface area (Å²) < 4.78 is 0. The Kier molecular flexibility index (Phi) is 12.7. The standard InChI is InChI=1S/C10H26N4/c11-5-1-2-7-13-8-3-4-9-14-10-6-12/h13-14H,1-12H2. The van der Waals surface area contributed by atoms with E-state index in [4.69, 9.17) is 11.5 Å². The Hall–Kier alpha value is -0.160. The molecule has 0 aromatic rings. The summed E-state index contributed by atoms with van der Waals surface area (Å²) in [7, 11) is 0. The summed E-state index contributed by atoms with van der Waals surface area (Å²) in [6.07, 6.45) is 4.79. The molecule has 0 aliphatic heterocycles. The zero-order chi connectivity index (χ0) is 10.5. The van der Waals surface area contributed by atoms with Crippen LogP contribution in [0.25, 0.3) is 0 Å². The first-order valence-electron chi connectivity index (χ1n) is 5.73. The monoisotopic (exact) mass is 202 g/mol. The molecule has 0 amide bonds. The topological polar surface area (TPSA) is 76.1 Å². The Morgan fingerprint density at radius 2 is 1.07 bits per heavy atom. The molecule has 0 unspecified atom stereocenters. The number of rotatable bonds is 11. The minimum Gasteiger partial charge on any atom is -0.330 e. The molecule has 0 fully saturated rings. The molecule has 0 aromatic heterocycles. The smallest absolute Gasteiger partial charge is 0.00745 e. The molecule has 0 spiro atoms. The molecule has 0 saturated carbocycles. The molecule has 0 saturated heterocycles. The van der Waals surface area contributed by atoms with Gasteiger partial charge in [0.2, 0.25) is 0 Å². The first-order chi connectivity index (χ1) is 6.91. The molecule has 0 heterocycles. The summed E-state index contributed by atoms with van der Waals surface area (Å²) >= 11 is 0. The molecule has 0 aliphatic rings. The van der Waals surface area contributed by atoms with Crippen molar-refractivity contribution >= 4 is 0 Å². The van der Waals surface area contributed by atoms with Crippen LogP contribution in [0.3, 0.4) is 0 Å². The van der Waals surface area contributed by atoms with Crippen molar-refractivity contribution in [3.8, 4) is 0 Å². The number of unbranched alkanes of at least 4 members (excludes halogenated alkanes) is 2. The molecule has 4 heteroatoms. The van der Waals surface area contributed by atoms with Crippen LogP contribution in [0.15, 0.2) is 0 Å². The van der Waals surface area contributed by atoms with E-state index in [9.17, 15) is 0 Å². The van der Waals surface area contributed by atoms with Crippen LogP contribution in [0.2, 0.25) is 0 Å². The van der Waals surface area contributed by atoms with Gasteiger partial charge in [-0.05, 0) is 51.9 Å². The van der Waals surface area contributed by atoms with Crippen molar-refractivity contribution in [3.05, 3.63) is 0 Å². The highest BCUT2D eigenvalue weighted by Crippen LogP contribution is 1.86. The van der Waals surface area contributed by atoms with Crippen LogP contribution in [0.5, 0.6) is 0 Å². The van der Waals surface area contributed by atoms with E-state index in [1.807, 2.05) is 0 Å². The molecular formula is C10H26N4. The van der Waals surface area contributed by atoms with Crippen LogP contribution in [-0.2, 0) is 0 Å². The van der Waals surface area contributed by atoms with Gasteiger partial charge in [-0.25, -0.2) is 0 Å². The highest BCUT2D eigenvalue weighted by molar-refractivity contribution is 4.52.